The second-order valence-electron chi connectivity index (χ2n) is 8.83. The van der Waals surface area contributed by atoms with Crippen LogP contribution in [0.1, 0.15) is 72.3 Å². The lowest BCUT2D eigenvalue weighted by molar-refractivity contribution is 0.129. The van der Waals surface area contributed by atoms with E-state index in [1.54, 1.807) is 6.07 Å². The third kappa shape index (κ3) is 9.76. The number of hydrogen-bond donors (Lipinski definition) is 1. The summed E-state index contributed by atoms with van der Waals surface area (Å²) in [6, 6.07) is 14.9. The smallest absolute Gasteiger partial charge is 0.385 e. The molecule has 177 valence electrons. The van der Waals surface area contributed by atoms with E-state index in [-0.39, 0.29) is 12.2 Å². The normalized spacial score (nSPS) is 11.6. The first-order chi connectivity index (χ1) is 15.4. The Morgan fingerprint density at radius 2 is 1.53 bits per heavy atom. The second kappa shape index (κ2) is 14.4. The molecule has 2 aromatic rings. The molecule has 5 heteroatoms. The zero-order chi connectivity index (χ0) is 23.3. The largest absolute Gasteiger partial charge is 0.508 e. The highest BCUT2D eigenvalue weighted by molar-refractivity contribution is 6.44. The van der Waals surface area contributed by atoms with E-state index >= 15 is 0 Å². The van der Waals surface area contributed by atoms with E-state index < -0.39 is 9.28 Å². The SMILES string of the molecule is CCCCCCOc1ccc(-c2ccc(O)cc2CCC[Si](OC(C)C)OC(C)C)cc1. The Morgan fingerprint density at radius 1 is 0.844 bits per heavy atom. The summed E-state index contributed by atoms with van der Waals surface area (Å²) in [5, 5.41) is 10.1. The summed E-state index contributed by atoms with van der Waals surface area (Å²) in [4.78, 5) is 0. The Labute approximate surface area is 196 Å². The number of unbranched alkanes of at least 4 members (excludes halogenated alkanes) is 3. The monoisotopic (exact) mass is 457 g/mol. The van der Waals surface area contributed by atoms with E-state index in [9.17, 15) is 5.11 Å². The van der Waals surface area contributed by atoms with Crippen LogP contribution in [0.4, 0.5) is 0 Å². The van der Waals surface area contributed by atoms with Gasteiger partial charge in [0.1, 0.15) is 11.5 Å². The lowest BCUT2D eigenvalue weighted by Gasteiger charge is -2.20. The fraction of sp³-hybridized carbons (Fsp3) is 0.556. The highest BCUT2D eigenvalue weighted by Crippen LogP contribution is 2.30. The number of phenols is 1. The average molecular weight is 458 g/mol. The van der Waals surface area contributed by atoms with Crippen molar-refractivity contribution < 1.29 is 18.7 Å². The number of phenolic OH excluding ortho intramolecular Hbond substituents is 1. The van der Waals surface area contributed by atoms with Crippen molar-refractivity contribution in [3.8, 4) is 22.6 Å². The Bertz CT molecular complexity index is 764. The van der Waals surface area contributed by atoms with Gasteiger partial charge in [-0.15, -0.1) is 0 Å². The number of ether oxygens (including phenoxy) is 1. The number of benzene rings is 2. The van der Waals surface area contributed by atoms with Crippen LogP contribution in [0.3, 0.4) is 0 Å². The van der Waals surface area contributed by atoms with Crippen LogP contribution in [0.2, 0.25) is 6.04 Å². The number of hydrogen-bond acceptors (Lipinski definition) is 4. The molecule has 0 aliphatic carbocycles. The fourth-order valence-electron chi connectivity index (χ4n) is 3.61. The Morgan fingerprint density at radius 3 is 2.16 bits per heavy atom. The topological polar surface area (TPSA) is 47.9 Å². The first-order valence-electron chi connectivity index (χ1n) is 12.1. The molecule has 0 aliphatic heterocycles. The fourth-order valence-corrected chi connectivity index (χ4v) is 5.42. The summed E-state index contributed by atoms with van der Waals surface area (Å²) in [5.41, 5.74) is 3.44. The minimum absolute atomic E-state index is 0.173. The number of rotatable bonds is 15. The van der Waals surface area contributed by atoms with Crippen LogP contribution in [0.25, 0.3) is 11.1 Å². The van der Waals surface area contributed by atoms with Crippen LogP contribution in [0, 0.1) is 0 Å². The Hall–Kier alpha value is -1.82. The zero-order valence-corrected chi connectivity index (χ0v) is 21.5. The molecule has 0 unspecified atom stereocenters. The van der Waals surface area contributed by atoms with E-state index in [1.807, 2.05) is 24.3 Å². The molecule has 1 N–H and O–H groups in total. The van der Waals surface area contributed by atoms with Crippen LogP contribution < -0.4 is 4.74 Å². The molecular weight excluding hydrogens is 416 g/mol. The highest BCUT2D eigenvalue weighted by Gasteiger charge is 2.19. The molecule has 1 radical (unpaired) electrons. The molecule has 0 saturated heterocycles. The molecule has 2 aromatic carbocycles. The number of aryl methyl sites for hydroxylation is 1. The van der Waals surface area contributed by atoms with Crippen molar-refractivity contribution >= 4 is 9.28 Å². The average Bonchev–Trinajstić information content (AvgIpc) is 2.73. The summed E-state index contributed by atoms with van der Waals surface area (Å²) in [5.74, 6) is 1.22. The second-order valence-corrected chi connectivity index (χ2v) is 10.5. The minimum Gasteiger partial charge on any atom is -0.508 e. The van der Waals surface area contributed by atoms with Crippen LogP contribution in [-0.2, 0) is 15.3 Å². The number of aromatic hydroxyl groups is 1. The third-order valence-electron chi connectivity index (χ3n) is 5.08. The van der Waals surface area contributed by atoms with Gasteiger partial charge in [0.25, 0.3) is 0 Å². The van der Waals surface area contributed by atoms with E-state index in [0.29, 0.717) is 5.75 Å². The van der Waals surface area contributed by atoms with Gasteiger partial charge >= 0.3 is 9.28 Å². The van der Waals surface area contributed by atoms with Crippen LogP contribution in [-0.4, -0.2) is 33.2 Å². The summed E-state index contributed by atoms with van der Waals surface area (Å²) in [7, 11) is -1.30. The summed E-state index contributed by atoms with van der Waals surface area (Å²) < 4.78 is 17.9. The Kier molecular flexibility index (Phi) is 11.9. The molecule has 4 nitrogen and oxygen atoms in total. The molecular formula is C27H41O4Si. The van der Waals surface area contributed by atoms with Crippen LogP contribution in [0.15, 0.2) is 42.5 Å². The van der Waals surface area contributed by atoms with Gasteiger partial charge in [-0.25, -0.2) is 0 Å². The highest BCUT2D eigenvalue weighted by atomic mass is 28.3. The van der Waals surface area contributed by atoms with Gasteiger partial charge < -0.3 is 18.7 Å². The quantitative estimate of drug-likeness (QED) is 0.225. The van der Waals surface area contributed by atoms with E-state index in [1.165, 1.54) is 19.3 Å². The van der Waals surface area contributed by atoms with Crippen molar-refractivity contribution in [3.05, 3.63) is 48.0 Å². The maximum absolute atomic E-state index is 10.1. The van der Waals surface area contributed by atoms with Crippen LogP contribution >= 0.6 is 0 Å². The zero-order valence-electron chi connectivity index (χ0n) is 20.5. The summed E-state index contributed by atoms with van der Waals surface area (Å²) >= 11 is 0. The van der Waals surface area contributed by atoms with Gasteiger partial charge in [0.15, 0.2) is 0 Å². The molecule has 0 aromatic heterocycles. The molecule has 0 amide bonds. The molecule has 32 heavy (non-hydrogen) atoms. The third-order valence-corrected chi connectivity index (χ3v) is 7.31. The predicted octanol–water partition coefficient (Wildman–Crippen LogP) is 7.29. The van der Waals surface area contributed by atoms with Crippen molar-refractivity contribution in [2.24, 2.45) is 0 Å². The van der Waals surface area contributed by atoms with E-state index in [2.05, 4.69) is 46.8 Å². The van der Waals surface area contributed by atoms with Crippen LogP contribution in [0.5, 0.6) is 11.5 Å². The van der Waals surface area contributed by atoms with Crippen molar-refractivity contribution in [3.63, 3.8) is 0 Å². The van der Waals surface area contributed by atoms with Gasteiger partial charge in [0, 0.05) is 12.2 Å². The van der Waals surface area contributed by atoms with Gasteiger partial charge in [0.05, 0.1) is 6.61 Å². The summed E-state index contributed by atoms with van der Waals surface area (Å²) in [6.45, 7) is 11.2. The molecule has 0 saturated carbocycles. The molecule has 0 spiro atoms. The molecule has 0 fully saturated rings. The predicted molar refractivity (Wildman–Crippen MR) is 135 cm³/mol. The van der Waals surface area contributed by atoms with E-state index in [0.717, 1.165) is 54.4 Å². The maximum atomic E-state index is 10.1. The van der Waals surface area contributed by atoms with E-state index in [4.69, 9.17) is 13.6 Å². The molecule has 0 heterocycles. The molecule has 0 atom stereocenters. The lowest BCUT2D eigenvalue weighted by atomic mass is 9.96. The first kappa shape index (κ1) is 26.4. The first-order valence-corrected chi connectivity index (χ1v) is 13.7. The Balaban J connectivity index is 2.00. The van der Waals surface area contributed by atoms with Crippen molar-refractivity contribution in [2.45, 2.75) is 91.4 Å². The van der Waals surface area contributed by atoms with Gasteiger partial charge in [0.2, 0.25) is 0 Å². The van der Waals surface area contributed by atoms with Gasteiger partial charge in [-0.2, -0.15) is 0 Å². The summed E-state index contributed by atoms with van der Waals surface area (Å²) in [6.07, 6.45) is 7.00. The van der Waals surface area contributed by atoms with Crippen molar-refractivity contribution in [2.75, 3.05) is 6.61 Å². The van der Waals surface area contributed by atoms with Gasteiger partial charge in [-0.1, -0.05) is 44.4 Å². The lowest BCUT2D eigenvalue weighted by Crippen LogP contribution is -2.29. The standard InChI is InChI=1S/C27H41O4Si/c1-6-7-8-9-18-29-26-15-12-23(13-16-26)27-17-14-25(28)20-24(27)11-10-19-32(30-21(2)3)31-22(4)5/h12-17,20-22,28H,6-11,18-19H2,1-5H3. The maximum Gasteiger partial charge on any atom is 0.385 e. The van der Waals surface area contributed by atoms with Gasteiger partial charge in [-0.05, 0) is 94.0 Å². The molecule has 0 bridgehead atoms. The van der Waals surface area contributed by atoms with Crippen molar-refractivity contribution in [1.82, 2.24) is 0 Å². The molecule has 2 rings (SSSR count). The molecule has 0 aliphatic rings. The minimum atomic E-state index is -1.30. The van der Waals surface area contributed by atoms with Gasteiger partial charge in [-0.3, -0.25) is 0 Å². The van der Waals surface area contributed by atoms with Crippen molar-refractivity contribution in [1.29, 1.82) is 0 Å².